The first-order valence-corrected chi connectivity index (χ1v) is 8.31. The fraction of sp³-hybridized carbons (Fsp3) is 0.368. The van der Waals surface area contributed by atoms with Gasteiger partial charge in [-0.2, -0.15) is 13.2 Å². The van der Waals surface area contributed by atoms with Gasteiger partial charge in [-0.15, -0.1) is 0 Å². The summed E-state index contributed by atoms with van der Waals surface area (Å²) in [6, 6.07) is 0.375. The van der Waals surface area contributed by atoms with Crippen molar-refractivity contribution in [2.45, 2.75) is 45.1 Å². The van der Waals surface area contributed by atoms with Gasteiger partial charge in [-0.25, -0.2) is 4.79 Å². The van der Waals surface area contributed by atoms with E-state index in [0.29, 0.717) is 6.07 Å². The van der Waals surface area contributed by atoms with Crippen molar-refractivity contribution in [2.75, 3.05) is 0 Å². The Morgan fingerprint density at radius 1 is 1.19 bits per heavy atom. The molecule has 2 aliphatic heterocycles. The number of ether oxygens (including phenoxy) is 2. The van der Waals surface area contributed by atoms with Crippen LogP contribution in [0.3, 0.4) is 0 Å². The van der Waals surface area contributed by atoms with E-state index < -0.39 is 45.8 Å². The Bertz CT molecular complexity index is 1080. The van der Waals surface area contributed by atoms with E-state index in [1.807, 2.05) is 0 Å². The van der Waals surface area contributed by atoms with Gasteiger partial charge in [0, 0.05) is 12.5 Å². The largest absolute Gasteiger partial charge is 0.489 e. The summed E-state index contributed by atoms with van der Waals surface area (Å²) in [6.07, 6.45) is -2.09. The SMILES string of the molecule is CC1CC(=O)c2c(c3c(c4c(C(F)(F)F)cc(=O)oc24)OC(C)(C)C=C3)O1. The molecule has 5 nitrogen and oxygen atoms in total. The minimum atomic E-state index is -4.84. The molecule has 3 heterocycles. The molecule has 0 saturated carbocycles. The van der Waals surface area contributed by atoms with Crippen LogP contribution in [0.25, 0.3) is 17.0 Å². The van der Waals surface area contributed by atoms with E-state index in [0.717, 1.165) is 0 Å². The van der Waals surface area contributed by atoms with E-state index in [9.17, 15) is 22.8 Å². The molecule has 0 amide bonds. The normalized spacial score (nSPS) is 20.7. The minimum Gasteiger partial charge on any atom is -0.489 e. The topological polar surface area (TPSA) is 65.7 Å². The number of rotatable bonds is 0. The lowest BCUT2D eigenvalue weighted by atomic mass is 9.90. The van der Waals surface area contributed by atoms with Gasteiger partial charge in [-0.05, 0) is 32.9 Å². The molecule has 1 unspecified atom stereocenters. The summed E-state index contributed by atoms with van der Waals surface area (Å²) >= 11 is 0. The second-order valence-electron chi connectivity index (χ2n) is 7.22. The molecule has 1 atom stereocenters. The quantitative estimate of drug-likeness (QED) is 0.636. The van der Waals surface area contributed by atoms with Crippen LogP contribution in [-0.2, 0) is 6.18 Å². The maximum atomic E-state index is 13.7. The summed E-state index contributed by atoms with van der Waals surface area (Å²) < 4.78 is 57.7. The van der Waals surface area contributed by atoms with Crippen molar-refractivity contribution in [1.82, 2.24) is 0 Å². The summed E-state index contributed by atoms with van der Waals surface area (Å²) in [4.78, 5) is 24.4. The molecule has 0 spiro atoms. The van der Waals surface area contributed by atoms with Crippen LogP contribution >= 0.6 is 0 Å². The van der Waals surface area contributed by atoms with E-state index in [1.165, 1.54) is 0 Å². The van der Waals surface area contributed by atoms with Gasteiger partial charge in [0.05, 0.1) is 16.5 Å². The summed E-state index contributed by atoms with van der Waals surface area (Å²) in [5.41, 5.74) is -3.67. The number of Topliss-reactive ketones (excluding diaryl/α,β-unsaturated/α-hetero) is 1. The van der Waals surface area contributed by atoms with Gasteiger partial charge < -0.3 is 13.9 Å². The van der Waals surface area contributed by atoms with Crippen LogP contribution in [0.4, 0.5) is 13.2 Å². The van der Waals surface area contributed by atoms with Crippen LogP contribution in [-0.4, -0.2) is 17.5 Å². The van der Waals surface area contributed by atoms with Crippen LogP contribution in [0.15, 0.2) is 21.4 Å². The summed E-state index contributed by atoms with van der Waals surface area (Å²) in [6.45, 7) is 5.04. The Morgan fingerprint density at radius 2 is 1.89 bits per heavy atom. The molecule has 0 radical (unpaired) electrons. The first-order valence-electron chi connectivity index (χ1n) is 8.31. The van der Waals surface area contributed by atoms with E-state index in [4.69, 9.17) is 13.9 Å². The van der Waals surface area contributed by atoms with Crippen molar-refractivity contribution in [2.24, 2.45) is 0 Å². The minimum absolute atomic E-state index is 0.0308. The standard InChI is InChI=1S/C19H15F3O5/c1-8-6-11(23)14-15(25-8)9-4-5-18(2,3)27-16(9)13-10(19(20,21)22)7-12(24)26-17(13)14/h4-5,7-8H,6H2,1-3H3. The number of alkyl halides is 3. The Hall–Kier alpha value is -2.77. The van der Waals surface area contributed by atoms with Crippen molar-refractivity contribution in [3.63, 3.8) is 0 Å². The van der Waals surface area contributed by atoms with Gasteiger partial charge in [0.2, 0.25) is 0 Å². The molecule has 8 heteroatoms. The predicted molar refractivity (Wildman–Crippen MR) is 90.3 cm³/mol. The zero-order valence-electron chi connectivity index (χ0n) is 14.7. The van der Waals surface area contributed by atoms with Crippen LogP contribution in [0.2, 0.25) is 0 Å². The molecule has 2 aromatic rings. The van der Waals surface area contributed by atoms with E-state index in [2.05, 4.69) is 0 Å². The highest BCUT2D eigenvalue weighted by Crippen LogP contribution is 2.50. The lowest BCUT2D eigenvalue weighted by Crippen LogP contribution is -2.30. The molecule has 0 aliphatic carbocycles. The zero-order valence-corrected chi connectivity index (χ0v) is 14.7. The molecule has 1 aromatic carbocycles. The molecular formula is C19H15F3O5. The highest BCUT2D eigenvalue weighted by molar-refractivity contribution is 6.13. The first kappa shape index (κ1) is 17.6. The van der Waals surface area contributed by atoms with Crippen LogP contribution in [0, 0.1) is 0 Å². The lowest BCUT2D eigenvalue weighted by Gasteiger charge is -2.33. The second kappa shape index (κ2) is 5.37. The average molecular weight is 380 g/mol. The first-order chi connectivity index (χ1) is 12.5. The third-order valence-corrected chi connectivity index (χ3v) is 4.52. The van der Waals surface area contributed by atoms with Crippen molar-refractivity contribution >= 4 is 22.8 Å². The number of hydrogen-bond donors (Lipinski definition) is 0. The molecule has 2 aliphatic rings. The summed E-state index contributed by atoms with van der Waals surface area (Å²) in [7, 11) is 0. The van der Waals surface area contributed by atoms with Crippen molar-refractivity contribution in [3.8, 4) is 11.5 Å². The molecule has 0 fully saturated rings. The Balaban J connectivity index is 2.24. The highest BCUT2D eigenvalue weighted by atomic mass is 19.4. The molecule has 142 valence electrons. The Kier molecular flexibility index (Phi) is 3.51. The average Bonchev–Trinajstić information content (AvgIpc) is 2.51. The smallest absolute Gasteiger partial charge is 0.417 e. The Labute approximate surface area is 151 Å². The third-order valence-electron chi connectivity index (χ3n) is 4.52. The maximum absolute atomic E-state index is 13.7. The fourth-order valence-corrected chi connectivity index (χ4v) is 3.41. The van der Waals surface area contributed by atoms with E-state index >= 15 is 0 Å². The maximum Gasteiger partial charge on any atom is 0.417 e. The van der Waals surface area contributed by atoms with Gasteiger partial charge in [0.1, 0.15) is 28.8 Å². The number of hydrogen-bond acceptors (Lipinski definition) is 5. The monoisotopic (exact) mass is 380 g/mol. The van der Waals surface area contributed by atoms with Crippen LogP contribution in [0.5, 0.6) is 11.5 Å². The molecule has 0 N–H and O–H groups in total. The Morgan fingerprint density at radius 3 is 2.56 bits per heavy atom. The fourth-order valence-electron chi connectivity index (χ4n) is 3.41. The molecule has 0 saturated heterocycles. The molecule has 4 rings (SSSR count). The van der Waals surface area contributed by atoms with Gasteiger partial charge in [-0.1, -0.05) is 0 Å². The van der Waals surface area contributed by atoms with Gasteiger partial charge >= 0.3 is 11.8 Å². The zero-order chi connectivity index (χ0) is 19.7. The molecular weight excluding hydrogens is 365 g/mol. The number of fused-ring (bicyclic) bond motifs is 6. The number of carbonyl (C=O) groups excluding carboxylic acids is 1. The predicted octanol–water partition coefficient (Wildman–Crippen LogP) is 4.35. The van der Waals surface area contributed by atoms with Gasteiger partial charge in [-0.3, -0.25) is 4.79 Å². The van der Waals surface area contributed by atoms with E-state index in [1.54, 1.807) is 32.9 Å². The highest BCUT2D eigenvalue weighted by Gasteiger charge is 2.41. The van der Waals surface area contributed by atoms with Crippen LogP contribution in [0.1, 0.15) is 48.7 Å². The van der Waals surface area contributed by atoms with Gasteiger partial charge in [0.15, 0.2) is 11.4 Å². The molecule has 1 aromatic heterocycles. The van der Waals surface area contributed by atoms with Crippen molar-refractivity contribution < 1.29 is 31.9 Å². The number of benzene rings is 1. The molecule has 27 heavy (non-hydrogen) atoms. The van der Waals surface area contributed by atoms with Crippen LogP contribution < -0.4 is 15.1 Å². The number of halogens is 3. The number of ketones is 1. The van der Waals surface area contributed by atoms with Gasteiger partial charge in [0.25, 0.3) is 0 Å². The summed E-state index contributed by atoms with van der Waals surface area (Å²) in [5.74, 6) is -0.484. The second-order valence-corrected chi connectivity index (χ2v) is 7.22. The summed E-state index contributed by atoms with van der Waals surface area (Å²) in [5, 5.41) is -0.445. The van der Waals surface area contributed by atoms with Crippen molar-refractivity contribution in [1.29, 1.82) is 0 Å². The number of carbonyl (C=O) groups is 1. The van der Waals surface area contributed by atoms with Crippen molar-refractivity contribution in [3.05, 3.63) is 39.3 Å². The van der Waals surface area contributed by atoms with E-state index in [-0.39, 0.29) is 29.0 Å². The lowest BCUT2D eigenvalue weighted by molar-refractivity contribution is -0.136. The third kappa shape index (κ3) is 2.70. The molecule has 0 bridgehead atoms.